The highest BCUT2D eigenvalue weighted by molar-refractivity contribution is 9.10. The predicted molar refractivity (Wildman–Crippen MR) is 53.0 cm³/mol. The van der Waals surface area contributed by atoms with Gasteiger partial charge in [0.2, 0.25) is 0 Å². The van der Waals surface area contributed by atoms with Gasteiger partial charge in [-0.15, -0.1) is 0 Å². The minimum atomic E-state index is -4.62. The Hall–Kier alpha value is -1.11. The molecule has 0 saturated carbocycles. The number of nitrogens with zero attached hydrogens (tertiary/aromatic N) is 1. The molecular weight excluding hydrogens is 291 g/mol. The van der Waals surface area contributed by atoms with Crippen LogP contribution in [0, 0.1) is 0 Å². The maximum atomic E-state index is 12.6. The van der Waals surface area contributed by atoms with Crippen LogP contribution in [0.3, 0.4) is 0 Å². The van der Waals surface area contributed by atoms with Crippen LogP contribution in [0.25, 0.3) is 0 Å². The summed E-state index contributed by atoms with van der Waals surface area (Å²) in [7, 11) is 0. The van der Waals surface area contributed by atoms with E-state index in [4.69, 9.17) is 5.11 Å². The van der Waals surface area contributed by atoms with E-state index < -0.39 is 29.3 Å². The van der Waals surface area contributed by atoms with Crippen LogP contribution in [0.15, 0.2) is 16.7 Å². The molecule has 88 valence electrons. The lowest BCUT2D eigenvalue weighted by Crippen LogP contribution is -2.17. The third-order valence-electron chi connectivity index (χ3n) is 1.97. The Bertz CT molecular complexity index is 420. The standard InChI is InChI=1S/C9H7BrF3NO2/c1-4(8(15)16)7-6(9(11,12)13)2-5(10)3-14-7/h2-4H,1H3,(H,15,16). The molecule has 0 fully saturated rings. The quantitative estimate of drug-likeness (QED) is 0.913. The van der Waals surface area contributed by atoms with Crippen molar-refractivity contribution in [3.8, 4) is 0 Å². The lowest BCUT2D eigenvalue weighted by molar-refractivity contribution is -0.141. The van der Waals surface area contributed by atoms with E-state index in [1.165, 1.54) is 0 Å². The molecule has 0 radical (unpaired) electrons. The molecule has 7 heteroatoms. The lowest BCUT2D eigenvalue weighted by atomic mass is 10.0. The van der Waals surface area contributed by atoms with Crippen molar-refractivity contribution in [1.29, 1.82) is 0 Å². The van der Waals surface area contributed by atoms with Crippen LogP contribution in [-0.4, -0.2) is 16.1 Å². The Balaban J connectivity index is 3.34. The number of hydrogen-bond acceptors (Lipinski definition) is 2. The smallest absolute Gasteiger partial charge is 0.418 e. The van der Waals surface area contributed by atoms with Crippen molar-refractivity contribution >= 4 is 21.9 Å². The third kappa shape index (κ3) is 2.72. The molecule has 0 aliphatic rings. The average molecular weight is 298 g/mol. The molecular formula is C9H7BrF3NO2. The Morgan fingerprint density at radius 3 is 2.56 bits per heavy atom. The summed E-state index contributed by atoms with van der Waals surface area (Å²) in [6.07, 6.45) is -3.47. The zero-order valence-corrected chi connectivity index (χ0v) is 9.63. The van der Waals surface area contributed by atoms with Crippen molar-refractivity contribution in [3.63, 3.8) is 0 Å². The highest BCUT2D eigenvalue weighted by Gasteiger charge is 2.37. The van der Waals surface area contributed by atoms with Crippen LogP contribution in [0.5, 0.6) is 0 Å². The van der Waals surface area contributed by atoms with E-state index in [1.54, 1.807) is 0 Å². The third-order valence-corrected chi connectivity index (χ3v) is 2.40. The van der Waals surface area contributed by atoms with Crippen molar-refractivity contribution in [2.75, 3.05) is 0 Å². The molecule has 0 aromatic carbocycles. The minimum absolute atomic E-state index is 0.154. The molecule has 16 heavy (non-hydrogen) atoms. The number of aromatic nitrogens is 1. The molecule has 1 atom stereocenters. The van der Waals surface area contributed by atoms with Gasteiger partial charge in [-0.2, -0.15) is 13.2 Å². The number of halogens is 4. The first-order valence-corrected chi connectivity index (χ1v) is 4.98. The van der Waals surface area contributed by atoms with Crippen LogP contribution in [-0.2, 0) is 11.0 Å². The molecule has 1 N–H and O–H groups in total. The lowest BCUT2D eigenvalue weighted by Gasteiger charge is -2.14. The number of alkyl halides is 3. The first-order valence-electron chi connectivity index (χ1n) is 4.19. The van der Waals surface area contributed by atoms with Gasteiger partial charge in [0.1, 0.15) is 0 Å². The van der Waals surface area contributed by atoms with E-state index in [9.17, 15) is 18.0 Å². The van der Waals surface area contributed by atoms with Gasteiger partial charge in [-0.1, -0.05) is 0 Å². The highest BCUT2D eigenvalue weighted by atomic mass is 79.9. The summed E-state index contributed by atoms with van der Waals surface area (Å²) in [4.78, 5) is 14.2. The molecule has 1 aromatic heterocycles. The normalized spacial score (nSPS) is 13.6. The van der Waals surface area contributed by atoms with Crippen molar-refractivity contribution in [2.24, 2.45) is 0 Å². The topological polar surface area (TPSA) is 50.2 Å². The second kappa shape index (κ2) is 4.40. The van der Waals surface area contributed by atoms with E-state index in [2.05, 4.69) is 20.9 Å². The molecule has 0 bridgehead atoms. The van der Waals surface area contributed by atoms with Crippen molar-refractivity contribution in [2.45, 2.75) is 19.0 Å². The van der Waals surface area contributed by atoms with Crippen LogP contribution >= 0.6 is 15.9 Å². The zero-order chi connectivity index (χ0) is 12.5. The number of aliphatic carboxylic acids is 1. The summed E-state index contributed by atoms with van der Waals surface area (Å²) < 4.78 is 37.9. The minimum Gasteiger partial charge on any atom is -0.481 e. The molecule has 0 aliphatic carbocycles. The van der Waals surface area contributed by atoms with Gasteiger partial charge in [0.15, 0.2) is 0 Å². The Kier molecular flexibility index (Phi) is 3.57. The van der Waals surface area contributed by atoms with Gasteiger partial charge in [0, 0.05) is 10.7 Å². The van der Waals surface area contributed by atoms with Crippen LogP contribution < -0.4 is 0 Å². The van der Waals surface area contributed by atoms with Crippen molar-refractivity contribution in [1.82, 2.24) is 4.98 Å². The van der Waals surface area contributed by atoms with E-state index in [1.807, 2.05) is 0 Å². The molecule has 1 aromatic rings. The SMILES string of the molecule is CC(C(=O)O)c1ncc(Br)cc1C(F)(F)F. The molecule has 0 aliphatic heterocycles. The fraction of sp³-hybridized carbons (Fsp3) is 0.333. The van der Waals surface area contributed by atoms with Crippen LogP contribution in [0.2, 0.25) is 0 Å². The molecule has 3 nitrogen and oxygen atoms in total. The summed E-state index contributed by atoms with van der Waals surface area (Å²) in [5, 5.41) is 8.68. The summed E-state index contributed by atoms with van der Waals surface area (Å²) in [5.74, 6) is -2.65. The van der Waals surface area contributed by atoms with Gasteiger partial charge in [0.05, 0.1) is 17.2 Å². The summed E-state index contributed by atoms with van der Waals surface area (Å²) >= 11 is 2.86. The molecule has 0 saturated heterocycles. The zero-order valence-electron chi connectivity index (χ0n) is 8.05. The van der Waals surface area contributed by atoms with Gasteiger partial charge in [0.25, 0.3) is 0 Å². The maximum absolute atomic E-state index is 12.6. The summed E-state index contributed by atoms with van der Waals surface area (Å²) in [6, 6.07) is 0.821. The van der Waals surface area contributed by atoms with Gasteiger partial charge >= 0.3 is 12.1 Å². The largest absolute Gasteiger partial charge is 0.481 e. The maximum Gasteiger partial charge on any atom is 0.418 e. The molecule has 1 unspecified atom stereocenters. The average Bonchev–Trinajstić information content (AvgIpc) is 2.15. The van der Waals surface area contributed by atoms with Gasteiger partial charge in [-0.25, -0.2) is 0 Å². The van der Waals surface area contributed by atoms with E-state index in [-0.39, 0.29) is 4.47 Å². The molecule has 1 rings (SSSR count). The fourth-order valence-corrected chi connectivity index (χ4v) is 1.47. The first kappa shape index (κ1) is 13.0. The molecule has 0 amide bonds. The number of pyridine rings is 1. The van der Waals surface area contributed by atoms with Crippen LogP contribution in [0.1, 0.15) is 24.1 Å². The number of carboxylic acid groups (broad SMARTS) is 1. The Morgan fingerprint density at radius 2 is 2.12 bits per heavy atom. The first-order chi connectivity index (χ1) is 7.23. The van der Waals surface area contributed by atoms with Crippen LogP contribution in [0.4, 0.5) is 13.2 Å². The summed E-state index contributed by atoms with van der Waals surface area (Å²) in [5.41, 5.74) is -1.51. The predicted octanol–water partition coefficient (Wildman–Crippen LogP) is 3.05. The summed E-state index contributed by atoms with van der Waals surface area (Å²) in [6.45, 7) is 1.16. The second-order valence-electron chi connectivity index (χ2n) is 3.14. The fourth-order valence-electron chi connectivity index (χ4n) is 1.14. The Morgan fingerprint density at radius 1 is 1.56 bits per heavy atom. The molecule has 0 spiro atoms. The van der Waals surface area contributed by atoms with E-state index in [0.717, 1.165) is 19.2 Å². The van der Waals surface area contributed by atoms with Gasteiger partial charge in [-0.3, -0.25) is 9.78 Å². The van der Waals surface area contributed by atoms with E-state index >= 15 is 0 Å². The number of carboxylic acids is 1. The number of rotatable bonds is 2. The van der Waals surface area contributed by atoms with Gasteiger partial charge < -0.3 is 5.11 Å². The van der Waals surface area contributed by atoms with Crippen molar-refractivity contribution < 1.29 is 23.1 Å². The highest BCUT2D eigenvalue weighted by Crippen LogP contribution is 2.35. The monoisotopic (exact) mass is 297 g/mol. The Labute approximate surface area is 97.4 Å². The van der Waals surface area contributed by atoms with Crippen molar-refractivity contribution in [3.05, 3.63) is 28.0 Å². The van der Waals surface area contributed by atoms with E-state index in [0.29, 0.717) is 0 Å². The number of hydrogen-bond donors (Lipinski definition) is 1. The van der Waals surface area contributed by atoms with Gasteiger partial charge in [-0.05, 0) is 28.9 Å². The number of carbonyl (C=O) groups is 1. The molecule has 1 heterocycles. The second-order valence-corrected chi connectivity index (χ2v) is 4.06.